The Morgan fingerprint density at radius 1 is 0.485 bits per heavy atom. The molecule has 0 unspecified atom stereocenters. The second-order valence-electron chi connectivity index (χ2n) is 26.2. The Balaban J connectivity index is 0.858. The summed E-state index contributed by atoms with van der Waals surface area (Å²) in [5, 5.41) is 0. The van der Waals surface area contributed by atoms with E-state index in [1.165, 1.54) is 270 Å². The van der Waals surface area contributed by atoms with Crippen molar-refractivity contribution in [2.45, 2.75) is 350 Å². The lowest BCUT2D eigenvalue weighted by Gasteiger charge is -2.58. The van der Waals surface area contributed by atoms with Crippen LogP contribution in [0, 0.1) is 52.3 Å². The Kier molecular flexibility index (Phi) is 31.1. The first kappa shape index (κ1) is 59.8. The molecule has 0 radical (unpaired) electrons. The van der Waals surface area contributed by atoms with Gasteiger partial charge < -0.3 is 4.74 Å². The summed E-state index contributed by atoms with van der Waals surface area (Å²) in [7, 11) is 0. The molecule has 2 nitrogen and oxygen atoms in total. The van der Waals surface area contributed by atoms with Gasteiger partial charge in [0.05, 0.1) is 0 Å². The van der Waals surface area contributed by atoms with Gasteiger partial charge in [-0.1, -0.05) is 291 Å². The maximum Gasteiger partial charge on any atom is 0.306 e. The molecule has 0 aromatic rings. The summed E-state index contributed by atoms with van der Waals surface area (Å²) in [6.45, 7) is 17.4. The minimum Gasteiger partial charge on any atom is -0.462 e. The molecular formula is C66H122O2. The third-order valence-corrected chi connectivity index (χ3v) is 19.7. The average molecular weight is 948 g/mol. The summed E-state index contributed by atoms with van der Waals surface area (Å²) in [5.74, 6) is 6.22. The first-order valence-electron chi connectivity index (χ1n) is 31.9. The summed E-state index contributed by atoms with van der Waals surface area (Å²) in [4.78, 5) is 13.0. The molecule has 0 aromatic heterocycles. The molecule has 3 saturated carbocycles. The number of unbranched alkanes of at least 4 members (excludes halogenated alkanes) is 32. The fourth-order valence-corrected chi connectivity index (χ4v) is 15.3. The van der Waals surface area contributed by atoms with Gasteiger partial charge in [0.1, 0.15) is 6.10 Å². The molecule has 0 spiro atoms. The second-order valence-corrected chi connectivity index (χ2v) is 26.2. The molecule has 0 aliphatic heterocycles. The van der Waals surface area contributed by atoms with E-state index in [4.69, 9.17) is 4.74 Å². The summed E-state index contributed by atoms with van der Waals surface area (Å²) in [6, 6.07) is 0. The molecule has 0 bridgehead atoms. The van der Waals surface area contributed by atoms with Gasteiger partial charge in [-0.15, -0.1) is 0 Å². The standard InChI is InChI=1S/C66H122O2/c1-55(2)42-39-37-35-33-31-29-27-25-23-21-19-17-15-13-11-9-8-10-12-14-16-18-20-22-24-26-28-30-32-34-36-38-40-45-64(67)68-59-50-52-65(6)58(54-59)46-47-60-62-49-48-61(57(5)44-41-43-56(3)4)66(62,7)53-51-63(60)65/h46,55-57,59-63H,8-45,47-54H2,1-7H3/t57-,59+,60+,61-,62+,63+,65+,66-/m1/s1. The largest absolute Gasteiger partial charge is 0.462 e. The van der Waals surface area contributed by atoms with Crippen molar-refractivity contribution in [3.8, 4) is 0 Å². The first-order chi connectivity index (χ1) is 33.0. The van der Waals surface area contributed by atoms with Gasteiger partial charge in [-0.2, -0.15) is 0 Å². The number of allylic oxidation sites excluding steroid dienone is 1. The lowest BCUT2D eigenvalue weighted by atomic mass is 9.47. The van der Waals surface area contributed by atoms with Crippen LogP contribution in [0.2, 0.25) is 0 Å². The molecule has 4 rings (SSSR count). The van der Waals surface area contributed by atoms with E-state index in [0.717, 1.165) is 60.7 Å². The van der Waals surface area contributed by atoms with E-state index in [9.17, 15) is 4.79 Å². The van der Waals surface area contributed by atoms with Gasteiger partial charge in [0.15, 0.2) is 0 Å². The summed E-state index contributed by atoms with van der Waals surface area (Å²) < 4.78 is 6.19. The van der Waals surface area contributed by atoms with E-state index < -0.39 is 0 Å². The normalized spacial score (nSPS) is 26.2. The van der Waals surface area contributed by atoms with Crippen LogP contribution in [-0.2, 0) is 9.53 Å². The van der Waals surface area contributed by atoms with Crippen LogP contribution in [0.3, 0.4) is 0 Å². The van der Waals surface area contributed by atoms with Crippen LogP contribution in [0.4, 0.5) is 0 Å². The maximum absolute atomic E-state index is 13.0. The zero-order chi connectivity index (χ0) is 48.7. The highest BCUT2D eigenvalue weighted by atomic mass is 16.5. The van der Waals surface area contributed by atoms with Crippen molar-refractivity contribution in [2.24, 2.45) is 52.3 Å². The zero-order valence-corrected chi connectivity index (χ0v) is 47.5. The van der Waals surface area contributed by atoms with Crippen molar-refractivity contribution < 1.29 is 9.53 Å². The first-order valence-corrected chi connectivity index (χ1v) is 31.9. The van der Waals surface area contributed by atoms with Crippen molar-refractivity contribution in [3.05, 3.63) is 11.6 Å². The Labute approximate surface area is 427 Å². The molecule has 4 aliphatic carbocycles. The molecule has 0 saturated heterocycles. The predicted octanol–water partition coefficient (Wildman–Crippen LogP) is 22.2. The van der Waals surface area contributed by atoms with Crippen LogP contribution in [0.25, 0.3) is 0 Å². The van der Waals surface area contributed by atoms with E-state index >= 15 is 0 Å². The number of ether oxygens (including phenoxy) is 1. The van der Waals surface area contributed by atoms with Crippen LogP contribution in [-0.4, -0.2) is 12.1 Å². The van der Waals surface area contributed by atoms with Gasteiger partial charge in [0.25, 0.3) is 0 Å². The predicted molar refractivity (Wildman–Crippen MR) is 299 cm³/mol. The quantitative estimate of drug-likeness (QED) is 0.0346. The molecule has 398 valence electrons. The topological polar surface area (TPSA) is 26.3 Å². The second kappa shape index (κ2) is 35.4. The Morgan fingerprint density at radius 3 is 1.34 bits per heavy atom. The smallest absolute Gasteiger partial charge is 0.306 e. The van der Waals surface area contributed by atoms with Crippen molar-refractivity contribution in [3.63, 3.8) is 0 Å². The van der Waals surface area contributed by atoms with E-state index in [-0.39, 0.29) is 12.1 Å². The molecule has 4 aliphatic rings. The van der Waals surface area contributed by atoms with E-state index in [2.05, 4.69) is 54.5 Å². The van der Waals surface area contributed by atoms with E-state index in [1.54, 1.807) is 5.57 Å². The number of hydrogen-bond donors (Lipinski definition) is 0. The fraction of sp³-hybridized carbons (Fsp3) is 0.955. The molecule has 0 aromatic carbocycles. The van der Waals surface area contributed by atoms with Gasteiger partial charge in [0, 0.05) is 12.8 Å². The summed E-state index contributed by atoms with van der Waals surface area (Å²) in [5.41, 5.74) is 2.54. The highest BCUT2D eigenvalue weighted by molar-refractivity contribution is 5.69. The average Bonchev–Trinajstić information content (AvgIpc) is 3.67. The molecule has 68 heavy (non-hydrogen) atoms. The number of esters is 1. The Hall–Kier alpha value is -0.790. The lowest BCUT2D eigenvalue weighted by molar-refractivity contribution is -0.151. The van der Waals surface area contributed by atoms with Gasteiger partial charge in [-0.05, 0) is 104 Å². The number of hydrogen-bond acceptors (Lipinski definition) is 2. The third kappa shape index (κ3) is 22.5. The molecule has 3 fully saturated rings. The van der Waals surface area contributed by atoms with Crippen LogP contribution >= 0.6 is 0 Å². The number of rotatable bonds is 42. The van der Waals surface area contributed by atoms with Crippen LogP contribution in [0.5, 0.6) is 0 Å². The van der Waals surface area contributed by atoms with Crippen molar-refractivity contribution in [1.82, 2.24) is 0 Å². The molecular weight excluding hydrogens is 825 g/mol. The summed E-state index contributed by atoms with van der Waals surface area (Å²) >= 11 is 0. The van der Waals surface area contributed by atoms with Gasteiger partial charge in [-0.3, -0.25) is 4.79 Å². The van der Waals surface area contributed by atoms with Crippen molar-refractivity contribution in [2.75, 3.05) is 0 Å². The minimum atomic E-state index is 0.0711. The van der Waals surface area contributed by atoms with Gasteiger partial charge in [0.2, 0.25) is 0 Å². The van der Waals surface area contributed by atoms with E-state index in [1.807, 2.05) is 0 Å². The highest BCUT2D eigenvalue weighted by Crippen LogP contribution is 2.67. The number of carbonyl (C=O) groups is 1. The SMILES string of the molecule is CC(C)CCCCCCCCCCCCCCCCCCCCCCCCCCCCCCCCCCCC(=O)O[C@H]1CC[C@@]2(C)C(=CC[C@H]3[C@@H]4CC[C@H]([C@H](C)CCCC(C)C)[C@@]4(C)CC[C@@H]32)C1. The summed E-state index contributed by atoms with van der Waals surface area (Å²) in [6.07, 6.45) is 66.7. The fourth-order valence-electron chi connectivity index (χ4n) is 15.3. The number of carbonyl (C=O) groups excluding carboxylic acids is 1. The van der Waals surface area contributed by atoms with Crippen LogP contribution in [0.1, 0.15) is 344 Å². The number of fused-ring (bicyclic) bond motifs is 5. The molecule has 0 N–H and O–H groups in total. The Bertz CT molecular complexity index is 1280. The van der Waals surface area contributed by atoms with Crippen LogP contribution in [0.15, 0.2) is 11.6 Å². The minimum absolute atomic E-state index is 0.0711. The van der Waals surface area contributed by atoms with Crippen molar-refractivity contribution >= 4 is 5.97 Å². The Morgan fingerprint density at radius 2 is 0.897 bits per heavy atom. The van der Waals surface area contributed by atoms with Gasteiger partial charge >= 0.3 is 5.97 Å². The van der Waals surface area contributed by atoms with Gasteiger partial charge in [-0.25, -0.2) is 0 Å². The molecule has 0 heterocycles. The zero-order valence-electron chi connectivity index (χ0n) is 47.5. The monoisotopic (exact) mass is 947 g/mol. The lowest BCUT2D eigenvalue weighted by Crippen LogP contribution is -2.51. The van der Waals surface area contributed by atoms with Crippen molar-refractivity contribution in [1.29, 1.82) is 0 Å². The highest BCUT2D eigenvalue weighted by Gasteiger charge is 2.59. The van der Waals surface area contributed by atoms with Crippen LogP contribution < -0.4 is 0 Å². The van der Waals surface area contributed by atoms with E-state index in [0.29, 0.717) is 17.3 Å². The molecule has 8 atom stereocenters. The molecule has 0 amide bonds. The maximum atomic E-state index is 13.0. The third-order valence-electron chi connectivity index (χ3n) is 19.7. The molecule has 2 heteroatoms.